The molecular formula is C23H30N2OS. The lowest BCUT2D eigenvalue weighted by atomic mass is 9.78. The van der Waals surface area contributed by atoms with E-state index in [0.29, 0.717) is 23.6 Å². The summed E-state index contributed by atoms with van der Waals surface area (Å²) in [5, 5.41) is 4.53. The van der Waals surface area contributed by atoms with Crippen molar-refractivity contribution in [2.75, 3.05) is 5.75 Å². The molecule has 27 heavy (non-hydrogen) atoms. The number of amides is 1. The van der Waals surface area contributed by atoms with E-state index >= 15 is 0 Å². The maximum Gasteiger partial charge on any atom is 0.230 e. The number of carbonyl (C=O) groups excluding carboxylic acids is 1. The van der Waals surface area contributed by atoms with Crippen molar-refractivity contribution in [2.24, 2.45) is 11.8 Å². The average molecular weight is 383 g/mol. The van der Waals surface area contributed by atoms with Crippen LogP contribution < -0.4 is 5.32 Å². The van der Waals surface area contributed by atoms with E-state index in [-0.39, 0.29) is 5.91 Å². The smallest absolute Gasteiger partial charge is 0.230 e. The highest BCUT2D eigenvalue weighted by Crippen LogP contribution is 2.36. The maximum atomic E-state index is 12.7. The molecule has 0 saturated heterocycles. The number of carbonyl (C=O) groups is 1. The number of thioether (sulfide) groups is 1. The summed E-state index contributed by atoms with van der Waals surface area (Å²) in [6, 6.07) is 8.72. The zero-order valence-corrected chi connectivity index (χ0v) is 17.3. The van der Waals surface area contributed by atoms with Crippen LogP contribution in [0.15, 0.2) is 29.2 Å². The topological polar surface area (TPSA) is 42.0 Å². The number of hydrogen-bond acceptors (Lipinski definition) is 3. The number of hydrogen-bond donors (Lipinski definition) is 1. The van der Waals surface area contributed by atoms with Crippen molar-refractivity contribution >= 4 is 28.6 Å². The first kappa shape index (κ1) is 18.8. The molecule has 3 atom stereocenters. The first-order valence-corrected chi connectivity index (χ1v) is 11.4. The fraction of sp³-hybridized carbons (Fsp3) is 0.565. The summed E-state index contributed by atoms with van der Waals surface area (Å²) in [7, 11) is 0. The van der Waals surface area contributed by atoms with E-state index in [0.717, 1.165) is 24.8 Å². The molecule has 4 rings (SSSR count). The van der Waals surface area contributed by atoms with Gasteiger partial charge < -0.3 is 5.32 Å². The number of benzene rings is 1. The lowest BCUT2D eigenvalue weighted by Gasteiger charge is -2.34. The minimum Gasteiger partial charge on any atom is -0.352 e. The van der Waals surface area contributed by atoms with Crippen molar-refractivity contribution in [3.63, 3.8) is 0 Å². The van der Waals surface area contributed by atoms with Gasteiger partial charge in [0.05, 0.1) is 11.3 Å². The second-order valence-electron chi connectivity index (χ2n) is 8.32. The lowest BCUT2D eigenvalue weighted by molar-refractivity contribution is -0.119. The molecule has 2 aliphatic carbocycles. The van der Waals surface area contributed by atoms with Gasteiger partial charge in [-0.05, 0) is 55.6 Å². The van der Waals surface area contributed by atoms with E-state index in [4.69, 9.17) is 4.98 Å². The van der Waals surface area contributed by atoms with Crippen LogP contribution in [0.4, 0.5) is 0 Å². The van der Waals surface area contributed by atoms with Gasteiger partial charge in [-0.3, -0.25) is 9.78 Å². The molecular weight excluding hydrogens is 352 g/mol. The Morgan fingerprint density at radius 3 is 2.85 bits per heavy atom. The Balaban J connectivity index is 1.51. The molecule has 0 bridgehead atoms. The maximum absolute atomic E-state index is 12.7. The van der Waals surface area contributed by atoms with E-state index in [1.54, 1.807) is 11.8 Å². The van der Waals surface area contributed by atoms with Gasteiger partial charge in [0.25, 0.3) is 0 Å². The predicted octanol–water partition coefficient (Wildman–Crippen LogP) is 5.15. The molecule has 1 fully saturated rings. The Labute approximate surface area is 166 Å². The van der Waals surface area contributed by atoms with Gasteiger partial charge in [-0.15, -0.1) is 11.8 Å². The van der Waals surface area contributed by atoms with Gasteiger partial charge in [0.2, 0.25) is 5.91 Å². The van der Waals surface area contributed by atoms with Crippen LogP contribution in [-0.2, 0) is 17.6 Å². The van der Waals surface area contributed by atoms with Gasteiger partial charge in [0.1, 0.15) is 0 Å². The predicted molar refractivity (Wildman–Crippen MR) is 113 cm³/mol. The molecule has 1 aromatic heterocycles. The Kier molecular flexibility index (Phi) is 5.72. The molecule has 3 nitrogen and oxygen atoms in total. The van der Waals surface area contributed by atoms with E-state index in [2.05, 4.69) is 43.4 Å². The molecule has 0 aliphatic heterocycles. The molecule has 1 amide bonds. The summed E-state index contributed by atoms with van der Waals surface area (Å²) in [4.78, 5) is 18.9. The molecule has 1 N–H and O–H groups in total. The third-order valence-electron chi connectivity index (χ3n) is 6.52. The van der Waals surface area contributed by atoms with Crippen LogP contribution in [0.1, 0.15) is 57.2 Å². The van der Waals surface area contributed by atoms with Crippen molar-refractivity contribution in [3.8, 4) is 0 Å². The Morgan fingerprint density at radius 2 is 1.96 bits per heavy atom. The first-order valence-electron chi connectivity index (χ1n) is 10.5. The number of aryl methyl sites for hydroxylation is 1. The molecule has 0 unspecified atom stereocenters. The van der Waals surface area contributed by atoms with Crippen molar-refractivity contribution in [3.05, 3.63) is 35.5 Å². The van der Waals surface area contributed by atoms with Crippen molar-refractivity contribution in [1.82, 2.24) is 10.3 Å². The number of nitrogens with zero attached hydrogens (tertiary/aromatic N) is 1. The summed E-state index contributed by atoms with van der Waals surface area (Å²) < 4.78 is 0. The van der Waals surface area contributed by atoms with Crippen LogP contribution in [0.25, 0.3) is 10.9 Å². The Bertz CT molecular complexity index is 834. The van der Waals surface area contributed by atoms with Crippen LogP contribution in [-0.4, -0.2) is 22.7 Å². The molecule has 2 aliphatic rings. The van der Waals surface area contributed by atoms with Gasteiger partial charge in [-0.2, -0.15) is 0 Å². The van der Waals surface area contributed by atoms with Crippen LogP contribution in [0.5, 0.6) is 0 Å². The number of rotatable bonds is 4. The molecule has 0 radical (unpaired) electrons. The quantitative estimate of drug-likeness (QED) is 0.744. The third kappa shape index (κ3) is 4.01. The Morgan fingerprint density at radius 1 is 1.15 bits per heavy atom. The average Bonchev–Trinajstić information content (AvgIpc) is 2.68. The normalized spacial score (nSPS) is 25.2. The summed E-state index contributed by atoms with van der Waals surface area (Å²) in [5.74, 6) is 1.95. The van der Waals surface area contributed by atoms with Gasteiger partial charge in [0, 0.05) is 22.0 Å². The number of aromatic nitrogens is 1. The zero-order chi connectivity index (χ0) is 18.8. The first-order chi connectivity index (χ1) is 13.1. The summed E-state index contributed by atoms with van der Waals surface area (Å²) in [6.45, 7) is 4.60. The number of nitrogens with one attached hydrogen (secondary N) is 1. The van der Waals surface area contributed by atoms with Crippen molar-refractivity contribution in [1.29, 1.82) is 0 Å². The second-order valence-corrected chi connectivity index (χ2v) is 9.31. The van der Waals surface area contributed by atoms with Gasteiger partial charge in [-0.25, -0.2) is 0 Å². The number of para-hydroxylation sites is 1. The van der Waals surface area contributed by atoms with Crippen LogP contribution in [0, 0.1) is 11.8 Å². The molecule has 1 aromatic carbocycles. The van der Waals surface area contributed by atoms with Gasteiger partial charge >= 0.3 is 0 Å². The molecule has 2 aromatic rings. The van der Waals surface area contributed by atoms with Crippen LogP contribution in [0.3, 0.4) is 0 Å². The van der Waals surface area contributed by atoms with E-state index in [9.17, 15) is 4.79 Å². The van der Waals surface area contributed by atoms with Gasteiger partial charge in [0.15, 0.2) is 0 Å². The molecule has 144 valence electrons. The fourth-order valence-electron chi connectivity index (χ4n) is 4.67. The second kappa shape index (κ2) is 8.22. The molecule has 1 heterocycles. The number of pyridine rings is 1. The third-order valence-corrected chi connectivity index (χ3v) is 7.68. The SMILES string of the molecule is C[C@@H]1[C@H](C)CCC[C@H]1NC(=O)CSc1c2c(nc3ccccc13)CCCC2. The highest BCUT2D eigenvalue weighted by molar-refractivity contribution is 8.00. The fourth-order valence-corrected chi connectivity index (χ4v) is 5.75. The molecule has 4 heteroatoms. The lowest BCUT2D eigenvalue weighted by Crippen LogP contribution is -2.44. The summed E-state index contributed by atoms with van der Waals surface area (Å²) >= 11 is 1.71. The Hall–Kier alpha value is -1.55. The van der Waals surface area contributed by atoms with Gasteiger partial charge in [-0.1, -0.05) is 44.9 Å². The summed E-state index contributed by atoms with van der Waals surface area (Å²) in [5.41, 5.74) is 3.70. The number of fused-ring (bicyclic) bond motifs is 2. The molecule has 0 spiro atoms. The summed E-state index contributed by atoms with van der Waals surface area (Å²) in [6.07, 6.45) is 8.25. The van der Waals surface area contributed by atoms with Crippen molar-refractivity contribution in [2.45, 2.75) is 69.7 Å². The van der Waals surface area contributed by atoms with Crippen LogP contribution >= 0.6 is 11.8 Å². The highest BCUT2D eigenvalue weighted by Gasteiger charge is 2.28. The van der Waals surface area contributed by atoms with E-state index in [1.807, 2.05) is 0 Å². The van der Waals surface area contributed by atoms with Crippen molar-refractivity contribution < 1.29 is 4.79 Å². The monoisotopic (exact) mass is 382 g/mol. The highest BCUT2D eigenvalue weighted by atomic mass is 32.2. The molecule has 1 saturated carbocycles. The standard InChI is InChI=1S/C23H30N2OS/c1-15-8-7-13-19(16(15)2)25-22(26)14-27-23-17-9-3-5-11-20(17)24-21-12-6-4-10-18(21)23/h3,5,9,11,15-16,19H,4,6-8,10,12-14H2,1-2H3,(H,25,26)/t15-,16-,19-/m1/s1. The van der Waals surface area contributed by atoms with E-state index in [1.165, 1.54) is 47.2 Å². The minimum atomic E-state index is 0.177. The minimum absolute atomic E-state index is 0.177. The largest absolute Gasteiger partial charge is 0.352 e. The van der Waals surface area contributed by atoms with E-state index < -0.39 is 0 Å². The van der Waals surface area contributed by atoms with Crippen LogP contribution in [0.2, 0.25) is 0 Å². The zero-order valence-electron chi connectivity index (χ0n) is 16.5.